The normalized spacial score (nSPS) is 15.4. The standard InChI is InChI=1S/C25H26N6O/c1-15-6-7-31-22(14-29-24(31)8-15)25(32)30-19-5-4-16(2)20(10-19)17-9-18-13-28-23(26-3)11-21(18)27-12-17/h4-5,9-15H,6-8H2,1-3H3,(H,26,28)(H,30,32). The van der Waals surface area contributed by atoms with Crippen molar-refractivity contribution >= 4 is 28.3 Å². The molecule has 5 rings (SSSR count). The molecule has 0 spiro atoms. The smallest absolute Gasteiger partial charge is 0.273 e. The minimum absolute atomic E-state index is 0.131. The molecule has 7 nitrogen and oxygen atoms in total. The lowest BCUT2D eigenvalue weighted by Crippen LogP contribution is -2.23. The third-order valence-electron chi connectivity index (χ3n) is 6.18. The summed E-state index contributed by atoms with van der Waals surface area (Å²) in [6.45, 7) is 5.12. The van der Waals surface area contributed by atoms with E-state index in [0.29, 0.717) is 11.6 Å². The first kappa shape index (κ1) is 20.2. The van der Waals surface area contributed by atoms with Gasteiger partial charge in [-0.05, 0) is 48.6 Å². The van der Waals surface area contributed by atoms with Crippen molar-refractivity contribution < 1.29 is 4.79 Å². The van der Waals surface area contributed by atoms with Crippen LogP contribution >= 0.6 is 0 Å². The van der Waals surface area contributed by atoms with Crippen molar-refractivity contribution in [3.8, 4) is 11.1 Å². The lowest BCUT2D eigenvalue weighted by atomic mass is 10.00. The van der Waals surface area contributed by atoms with Gasteiger partial charge < -0.3 is 15.2 Å². The van der Waals surface area contributed by atoms with Crippen molar-refractivity contribution in [2.24, 2.45) is 5.92 Å². The molecule has 4 aromatic rings. The summed E-state index contributed by atoms with van der Waals surface area (Å²) in [4.78, 5) is 26.5. The van der Waals surface area contributed by atoms with E-state index in [1.807, 2.05) is 48.3 Å². The highest BCUT2D eigenvalue weighted by Gasteiger charge is 2.22. The van der Waals surface area contributed by atoms with E-state index in [-0.39, 0.29) is 5.91 Å². The van der Waals surface area contributed by atoms with Crippen LogP contribution in [0.15, 0.2) is 48.9 Å². The van der Waals surface area contributed by atoms with Gasteiger partial charge in [-0.1, -0.05) is 13.0 Å². The van der Waals surface area contributed by atoms with E-state index < -0.39 is 0 Å². The van der Waals surface area contributed by atoms with Crippen LogP contribution in [0.25, 0.3) is 22.0 Å². The van der Waals surface area contributed by atoms with Crippen LogP contribution in [0.5, 0.6) is 0 Å². The second kappa shape index (κ2) is 8.07. The van der Waals surface area contributed by atoms with Crippen LogP contribution in [0.1, 0.15) is 35.2 Å². The Morgan fingerprint density at radius 2 is 1.97 bits per heavy atom. The van der Waals surface area contributed by atoms with E-state index >= 15 is 0 Å². The Morgan fingerprint density at radius 1 is 1.09 bits per heavy atom. The van der Waals surface area contributed by atoms with Gasteiger partial charge in [0.2, 0.25) is 0 Å². The molecule has 0 fully saturated rings. The number of imidazole rings is 1. The van der Waals surface area contributed by atoms with Gasteiger partial charge in [-0.2, -0.15) is 0 Å². The molecule has 0 saturated heterocycles. The Kier molecular flexibility index (Phi) is 5.09. The van der Waals surface area contributed by atoms with E-state index in [2.05, 4.69) is 45.5 Å². The average Bonchev–Trinajstić information content (AvgIpc) is 3.22. The van der Waals surface area contributed by atoms with E-state index in [1.54, 1.807) is 6.20 Å². The highest BCUT2D eigenvalue weighted by atomic mass is 16.2. The predicted octanol–water partition coefficient (Wildman–Crippen LogP) is 4.68. The minimum Gasteiger partial charge on any atom is -0.373 e. The largest absolute Gasteiger partial charge is 0.373 e. The van der Waals surface area contributed by atoms with Gasteiger partial charge in [-0.25, -0.2) is 9.97 Å². The van der Waals surface area contributed by atoms with Gasteiger partial charge in [0.25, 0.3) is 5.91 Å². The van der Waals surface area contributed by atoms with Crippen LogP contribution in [0, 0.1) is 12.8 Å². The Labute approximate surface area is 186 Å². The van der Waals surface area contributed by atoms with Crippen LogP contribution in [0.4, 0.5) is 11.5 Å². The summed E-state index contributed by atoms with van der Waals surface area (Å²) in [6, 6.07) is 9.96. The van der Waals surface area contributed by atoms with Crippen molar-refractivity contribution in [2.75, 3.05) is 17.7 Å². The van der Waals surface area contributed by atoms with Crippen molar-refractivity contribution in [1.82, 2.24) is 19.5 Å². The molecule has 0 radical (unpaired) electrons. The summed E-state index contributed by atoms with van der Waals surface area (Å²) >= 11 is 0. The first-order valence-electron chi connectivity index (χ1n) is 10.9. The third kappa shape index (κ3) is 3.70. The maximum atomic E-state index is 13.0. The molecule has 0 bridgehead atoms. The maximum absolute atomic E-state index is 13.0. The Morgan fingerprint density at radius 3 is 2.81 bits per heavy atom. The molecule has 7 heteroatoms. The molecule has 1 aromatic carbocycles. The number of rotatable bonds is 4. The quantitative estimate of drug-likeness (QED) is 0.495. The van der Waals surface area contributed by atoms with E-state index in [0.717, 1.165) is 64.3 Å². The molecule has 2 N–H and O–H groups in total. The van der Waals surface area contributed by atoms with Gasteiger partial charge in [0.05, 0.1) is 11.7 Å². The summed E-state index contributed by atoms with van der Waals surface area (Å²) in [6.07, 6.45) is 7.36. The minimum atomic E-state index is -0.131. The topological polar surface area (TPSA) is 84.7 Å². The number of hydrogen-bond acceptors (Lipinski definition) is 5. The number of nitrogens with zero attached hydrogens (tertiary/aromatic N) is 4. The summed E-state index contributed by atoms with van der Waals surface area (Å²) < 4.78 is 2.05. The number of benzene rings is 1. The number of pyridine rings is 2. The van der Waals surface area contributed by atoms with E-state index in [4.69, 9.17) is 0 Å². The zero-order chi connectivity index (χ0) is 22.2. The van der Waals surface area contributed by atoms with Crippen LogP contribution in [-0.2, 0) is 13.0 Å². The molecule has 0 aliphatic carbocycles. The van der Waals surface area contributed by atoms with Crippen molar-refractivity contribution in [1.29, 1.82) is 0 Å². The first-order chi connectivity index (χ1) is 15.5. The van der Waals surface area contributed by atoms with Gasteiger partial charge in [0, 0.05) is 55.1 Å². The number of aromatic nitrogens is 4. The summed E-state index contributed by atoms with van der Waals surface area (Å²) in [5.41, 5.74) is 5.38. The lowest BCUT2D eigenvalue weighted by Gasteiger charge is -2.21. The van der Waals surface area contributed by atoms with Crippen LogP contribution in [0.2, 0.25) is 0 Å². The molecule has 0 saturated carbocycles. The van der Waals surface area contributed by atoms with E-state index in [1.165, 1.54) is 0 Å². The van der Waals surface area contributed by atoms with Crippen molar-refractivity contribution in [2.45, 2.75) is 33.2 Å². The van der Waals surface area contributed by atoms with Crippen molar-refractivity contribution in [3.05, 3.63) is 66.0 Å². The lowest BCUT2D eigenvalue weighted by molar-refractivity contribution is 0.101. The average molecular weight is 427 g/mol. The van der Waals surface area contributed by atoms with Crippen molar-refractivity contribution in [3.63, 3.8) is 0 Å². The Balaban J connectivity index is 1.43. The fourth-order valence-corrected chi connectivity index (χ4v) is 4.28. The number of carbonyl (C=O) groups is 1. The van der Waals surface area contributed by atoms with Gasteiger partial charge in [0.15, 0.2) is 0 Å². The SMILES string of the molecule is CNc1cc2ncc(-c3cc(NC(=O)c4cnc5n4CCC(C)C5)ccc3C)cc2cn1. The molecule has 162 valence electrons. The Hall–Kier alpha value is -3.74. The zero-order valence-corrected chi connectivity index (χ0v) is 18.5. The fourth-order valence-electron chi connectivity index (χ4n) is 4.28. The number of anilines is 2. The number of hydrogen-bond donors (Lipinski definition) is 2. The number of nitrogens with one attached hydrogen (secondary N) is 2. The predicted molar refractivity (Wildman–Crippen MR) is 127 cm³/mol. The van der Waals surface area contributed by atoms with Gasteiger partial charge in [-0.15, -0.1) is 0 Å². The fraction of sp³-hybridized carbons (Fsp3) is 0.280. The zero-order valence-electron chi connectivity index (χ0n) is 18.5. The highest BCUT2D eigenvalue weighted by molar-refractivity contribution is 6.03. The monoisotopic (exact) mass is 426 g/mol. The molecule has 1 aliphatic heterocycles. The number of carbonyl (C=O) groups excluding carboxylic acids is 1. The molecule has 1 amide bonds. The number of aryl methyl sites for hydroxylation is 1. The van der Waals surface area contributed by atoms with Crippen LogP contribution in [0.3, 0.4) is 0 Å². The second-order valence-electron chi connectivity index (χ2n) is 8.53. The first-order valence-corrected chi connectivity index (χ1v) is 10.9. The number of amides is 1. The maximum Gasteiger partial charge on any atom is 0.273 e. The van der Waals surface area contributed by atoms with Crippen LogP contribution < -0.4 is 10.6 Å². The molecular weight excluding hydrogens is 400 g/mol. The molecule has 1 aliphatic rings. The van der Waals surface area contributed by atoms with Gasteiger partial charge in [0.1, 0.15) is 17.3 Å². The molecule has 1 unspecified atom stereocenters. The second-order valence-corrected chi connectivity index (χ2v) is 8.53. The molecule has 4 heterocycles. The van der Waals surface area contributed by atoms with Crippen LogP contribution in [-0.4, -0.2) is 32.5 Å². The summed E-state index contributed by atoms with van der Waals surface area (Å²) in [5.74, 6) is 2.26. The molecule has 32 heavy (non-hydrogen) atoms. The number of fused-ring (bicyclic) bond motifs is 2. The molecular formula is C25H26N6O. The summed E-state index contributed by atoms with van der Waals surface area (Å²) in [5, 5.41) is 7.06. The van der Waals surface area contributed by atoms with Gasteiger partial charge in [-0.3, -0.25) is 9.78 Å². The third-order valence-corrected chi connectivity index (χ3v) is 6.18. The van der Waals surface area contributed by atoms with Gasteiger partial charge >= 0.3 is 0 Å². The molecule has 1 atom stereocenters. The highest BCUT2D eigenvalue weighted by Crippen LogP contribution is 2.29. The Bertz CT molecular complexity index is 1330. The summed E-state index contributed by atoms with van der Waals surface area (Å²) in [7, 11) is 1.84. The van der Waals surface area contributed by atoms with E-state index in [9.17, 15) is 4.79 Å². The molecule has 3 aromatic heterocycles.